The van der Waals surface area contributed by atoms with Gasteiger partial charge in [0, 0.05) is 68.1 Å². The van der Waals surface area contributed by atoms with Crippen molar-refractivity contribution < 1.29 is 4.79 Å². The van der Waals surface area contributed by atoms with Crippen molar-refractivity contribution in [3.8, 4) is 22.5 Å². The Kier molecular flexibility index (Phi) is 6.70. The van der Waals surface area contributed by atoms with Gasteiger partial charge in [-0.2, -0.15) is 0 Å². The van der Waals surface area contributed by atoms with Crippen LogP contribution in [0.4, 0.5) is 10.5 Å². The summed E-state index contributed by atoms with van der Waals surface area (Å²) in [5.74, 6) is 0. The second-order valence-corrected chi connectivity index (χ2v) is 10.9. The normalized spacial score (nSPS) is 15.3. The summed E-state index contributed by atoms with van der Waals surface area (Å²) in [5.41, 5.74) is 10.2. The van der Waals surface area contributed by atoms with Crippen molar-refractivity contribution in [1.29, 1.82) is 0 Å². The first-order valence-electron chi connectivity index (χ1n) is 14.2. The summed E-state index contributed by atoms with van der Waals surface area (Å²) in [6, 6.07) is 25.0. The molecule has 0 unspecified atom stereocenters. The molecule has 2 amide bonds. The first kappa shape index (κ1) is 25.4. The van der Waals surface area contributed by atoms with Crippen molar-refractivity contribution in [2.75, 3.05) is 31.5 Å². The number of amides is 2. The molecule has 1 saturated heterocycles. The number of rotatable bonds is 5. The van der Waals surface area contributed by atoms with Crippen molar-refractivity contribution >= 4 is 22.8 Å². The second kappa shape index (κ2) is 10.8. The SMILES string of the molecule is Cc1c(NC(=O)N2Cc3ccccc3C2)cccc1-c1ncnc2[nH]c(-c3ccc(CN4CCNCC4)cc3)cc12. The van der Waals surface area contributed by atoms with Crippen LogP contribution in [0.15, 0.2) is 79.1 Å². The number of urea groups is 1. The van der Waals surface area contributed by atoms with Crippen LogP contribution in [0.3, 0.4) is 0 Å². The number of fused-ring (bicyclic) bond motifs is 2. The van der Waals surface area contributed by atoms with Crippen LogP contribution in [-0.4, -0.2) is 57.0 Å². The number of aromatic nitrogens is 3. The Hall–Kier alpha value is -4.53. The molecule has 0 radical (unpaired) electrons. The number of nitrogens with zero attached hydrogens (tertiary/aromatic N) is 4. The fourth-order valence-corrected chi connectivity index (χ4v) is 5.93. The standard InChI is InChI=1S/C33H33N7O/c1-22-27(7-4-8-29(22)38-33(41)40-19-25-5-2-3-6-26(25)20-40)31-28-17-30(37-32(28)36-21-35-31)24-11-9-23(10-12-24)18-39-15-13-34-14-16-39/h2-12,17,21,34H,13-16,18-20H2,1H3,(H,38,41)(H,35,36,37). The maximum Gasteiger partial charge on any atom is 0.322 e. The van der Waals surface area contributed by atoms with Crippen LogP contribution in [0.25, 0.3) is 33.5 Å². The van der Waals surface area contributed by atoms with Crippen LogP contribution in [0.1, 0.15) is 22.3 Å². The molecule has 2 aromatic heterocycles. The third-order valence-electron chi connectivity index (χ3n) is 8.26. The monoisotopic (exact) mass is 543 g/mol. The molecule has 0 bridgehead atoms. The summed E-state index contributed by atoms with van der Waals surface area (Å²) in [6.07, 6.45) is 1.60. The number of piperazine rings is 1. The van der Waals surface area contributed by atoms with Gasteiger partial charge in [-0.3, -0.25) is 4.90 Å². The number of hydrogen-bond acceptors (Lipinski definition) is 5. The van der Waals surface area contributed by atoms with E-state index in [9.17, 15) is 4.79 Å². The van der Waals surface area contributed by atoms with Crippen molar-refractivity contribution in [1.82, 2.24) is 30.1 Å². The number of anilines is 1. The summed E-state index contributed by atoms with van der Waals surface area (Å²) in [4.78, 5) is 30.2. The smallest absolute Gasteiger partial charge is 0.322 e. The molecular formula is C33H33N7O. The van der Waals surface area contributed by atoms with E-state index in [2.05, 4.69) is 79.0 Å². The zero-order valence-electron chi connectivity index (χ0n) is 23.2. The summed E-state index contributed by atoms with van der Waals surface area (Å²) < 4.78 is 0. The van der Waals surface area contributed by atoms with Gasteiger partial charge in [0.15, 0.2) is 0 Å². The minimum atomic E-state index is -0.0985. The quantitative estimate of drug-likeness (QED) is 0.270. The van der Waals surface area contributed by atoms with E-state index in [1.165, 1.54) is 16.7 Å². The molecule has 5 aromatic rings. The summed E-state index contributed by atoms with van der Waals surface area (Å²) >= 11 is 0. The number of carbonyl (C=O) groups excluding carboxylic acids is 1. The number of carbonyl (C=O) groups is 1. The lowest BCUT2D eigenvalue weighted by Crippen LogP contribution is -2.42. The molecule has 2 aliphatic heterocycles. The van der Waals surface area contributed by atoms with Gasteiger partial charge in [-0.05, 0) is 46.9 Å². The van der Waals surface area contributed by atoms with Gasteiger partial charge in [0.2, 0.25) is 0 Å². The average molecular weight is 544 g/mol. The third kappa shape index (κ3) is 5.08. The van der Waals surface area contributed by atoms with Gasteiger partial charge in [0.1, 0.15) is 12.0 Å². The Balaban J connectivity index is 1.13. The van der Waals surface area contributed by atoms with Crippen LogP contribution in [0.2, 0.25) is 0 Å². The van der Waals surface area contributed by atoms with E-state index < -0.39 is 0 Å². The summed E-state index contributed by atoms with van der Waals surface area (Å²) in [7, 11) is 0. The predicted molar refractivity (Wildman–Crippen MR) is 162 cm³/mol. The van der Waals surface area contributed by atoms with Crippen LogP contribution in [-0.2, 0) is 19.6 Å². The number of aromatic amines is 1. The maximum atomic E-state index is 13.2. The van der Waals surface area contributed by atoms with E-state index in [4.69, 9.17) is 0 Å². The molecule has 0 aliphatic carbocycles. The third-order valence-corrected chi connectivity index (χ3v) is 8.26. The second-order valence-electron chi connectivity index (χ2n) is 10.9. The predicted octanol–water partition coefficient (Wildman–Crippen LogP) is 5.55. The van der Waals surface area contributed by atoms with Gasteiger partial charge in [-0.1, -0.05) is 60.7 Å². The zero-order valence-corrected chi connectivity index (χ0v) is 23.2. The molecule has 8 heteroatoms. The Morgan fingerprint density at radius 1 is 0.927 bits per heavy atom. The largest absolute Gasteiger partial charge is 0.339 e. The molecule has 41 heavy (non-hydrogen) atoms. The summed E-state index contributed by atoms with van der Waals surface area (Å²) in [5, 5.41) is 7.50. The minimum absolute atomic E-state index is 0.0985. The highest BCUT2D eigenvalue weighted by Crippen LogP contribution is 2.34. The van der Waals surface area contributed by atoms with E-state index in [0.29, 0.717) is 13.1 Å². The Morgan fingerprint density at radius 2 is 1.68 bits per heavy atom. The number of benzene rings is 3. The first-order valence-corrected chi connectivity index (χ1v) is 14.2. The Morgan fingerprint density at radius 3 is 2.44 bits per heavy atom. The number of nitrogens with one attached hydrogen (secondary N) is 3. The molecule has 7 rings (SSSR count). The summed E-state index contributed by atoms with van der Waals surface area (Å²) in [6.45, 7) is 8.52. The van der Waals surface area contributed by atoms with E-state index in [0.717, 1.165) is 77.5 Å². The van der Waals surface area contributed by atoms with E-state index in [-0.39, 0.29) is 6.03 Å². The molecule has 2 aliphatic rings. The molecule has 4 heterocycles. The van der Waals surface area contributed by atoms with Crippen LogP contribution >= 0.6 is 0 Å². The highest BCUT2D eigenvalue weighted by Gasteiger charge is 2.24. The zero-order chi connectivity index (χ0) is 27.8. The lowest BCUT2D eigenvalue weighted by Gasteiger charge is -2.27. The average Bonchev–Trinajstić information content (AvgIpc) is 3.64. The molecular weight excluding hydrogens is 510 g/mol. The van der Waals surface area contributed by atoms with Crippen molar-refractivity contribution in [2.45, 2.75) is 26.6 Å². The number of H-pyrrole nitrogens is 1. The van der Waals surface area contributed by atoms with Crippen LogP contribution < -0.4 is 10.6 Å². The highest BCUT2D eigenvalue weighted by molar-refractivity contribution is 5.97. The van der Waals surface area contributed by atoms with Crippen LogP contribution in [0.5, 0.6) is 0 Å². The molecule has 0 spiro atoms. The molecule has 0 atom stereocenters. The van der Waals surface area contributed by atoms with Crippen molar-refractivity contribution in [2.24, 2.45) is 0 Å². The van der Waals surface area contributed by atoms with Crippen molar-refractivity contribution in [3.63, 3.8) is 0 Å². The molecule has 206 valence electrons. The number of hydrogen-bond donors (Lipinski definition) is 3. The topological polar surface area (TPSA) is 89.2 Å². The lowest BCUT2D eigenvalue weighted by atomic mass is 10.0. The van der Waals surface area contributed by atoms with Gasteiger partial charge in [-0.25, -0.2) is 14.8 Å². The van der Waals surface area contributed by atoms with E-state index >= 15 is 0 Å². The molecule has 8 nitrogen and oxygen atoms in total. The maximum absolute atomic E-state index is 13.2. The lowest BCUT2D eigenvalue weighted by molar-refractivity contribution is 0.212. The van der Waals surface area contributed by atoms with Crippen LogP contribution in [0, 0.1) is 6.92 Å². The molecule has 1 fully saturated rings. The first-order chi connectivity index (χ1) is 20.1. The van der Waals surface area contributed by atoms with E-state index in [1.807, 2.05) is 36.1 Å². The van der Waals surface area contributed by atoms with Gasteiger partial charge >= 0.3 is 6.03 Å². The highest BCUT2D eigenvalue weighted by atomic mass is 16.2. The minimum Gasteiger partial charge on any atom is -0.339 e. The molecule has 3 N–H and O–H groups in total. The van der Waals surface area contributed by atoms with E-state index in [1.54, 1.807) is 6.33 Å². The fraction of sp³-hybridized carbons (Fsp3) is 0.242. The fourth-order valence-electron chi connectivity index (χ4n) is 5.93. The molecule has 0 saturated carbocycles. The Bertz CT molecular complexity index is 1690. The van der Waals surface area contributed by atoms with Gasteiger partial charge in [-0.15, -0.1) is 0 Å². The molecule has 3 aromatic carbocycles. The van der Waals surface area contributed by atoms with Gasteiger partial charge in [0.25, 0.3) is 0 Å². The van der Waals surface area contributed by atoms with Gasteiger partial charge in [0.05, 0.1) is 5.69 Å². The van der Waals surface area contributed by atoms with Crippen molar-refractivity contribution in [3.05, 3.63) is 101 Å². The van der Waals surface area contributed by atoms with Gasteiger partial charge < -0.3 is 20.5 Å². The Labute approximate surface area is 239 Å².